The lowest BCUT2D eigenvalue weighted by Gasteiger charge is -2.17. The molecule has 2 rings (SSSR count). The van der Waals surface area contributed by atoms with Gasteiger partial charge in [-0.3, -0.25) is 9.48 Å². The molecule has 3 N–H and O–H groups in total. The van der Waals surface area contributed by atoms with E-state index in [1.165, 1.54) is 9.58 Å². The Kier molecular flexibility index (Phi) is 3.69. The standard InChI is InChI=1S/C13H15N5O2/c1-17(13(19)11-7-8-15-18(11)2)10-5-3-9(4-6-10)12(14)16-20/h3-8,20H,1-2H3,(H2,14,16). The van der Waals surface area contributed by atoms with Crippen molar-refractivity contribution in [2.24, 2.45) is 17.9 Å². The topological polar surface area (TPSA) is 96.7 Å². The number of hydrogen-bond donors (Lipinski definition) is 2. The fourth-order valence-corrected chi connectivity index (χ4v) is 1.79. The summed E-state index contributed by atoms with van der Waals surface area (Å²) >= 11 is 0. The van der Waals surface area contributed by atoms with Crippen LogP contribution in [-0.4, -0.2) is 33.8 Å². The first-order chi connectivity index (χ1) is 9.54. The quantitative estimate of drug-likeness (QED) is 0.374. The number of nitrogens with zero attached hydrogens (tertiary/aromatic N) is 4. The Morgan fingerprint density at radius 2 is 2.00 bits per heavy atom. The molecule has 0 aliphatic carbocycles. The summed E-state index contributed by atoms with van der Waals surface area (Å²) < 4.78 is 1.52. The summed E-state index contributed by atoms with van der Waals surface area (Å²) in [4.78, 5) is 13.8. The Hall–Kier alpha value is -2.83. The largest absolute Gasteiger partial charge is 0.409 e. The molecule has 7 nitrogen and oxygen atoms in total. The highest BCUT2D eigenvalue weighted by Gasteiger charge is 2.16. The van der Waals surface area contributed by atoms with E-state index in [9.17, 15) is 4.79 Å². The maximum absolute atomic E-state index is 12.3. The summed E-state index contributed by atoms with van der Waals surface area (Å²) in [6, 6.07) is 8.46. The molecule has 0 saturated carbocycles. The van der Waals surface area contributed by atoms with E-state index in [-0.39, 0.29) is 11.7 Å². The zero-order valence-corrected chi connectivity index (χ0v) is 11.2. The van der Waals surface area contributed by atoms with Gasteiger partial charge in [0, 0.05) is 31.5 Å². The summed E-state index contributed by atoms with van der Waals surface area (Å²) in [5, 5.41) is 15.5. The van der Waals surface area contributed by atoms with Crippen molar-refractivity contribution in [1.29, 1.82) is 0 Å². The molecule has 1 amide bonds. The number of benzene rings is 1. The van der Waals surface area contributed by atoms with Gasteiger partial charge in [0.05, 0.1) is 0 Å². The molecule has 0 aliphatic heterocycles. The molecule has 7 heteroatoms. The second-order valence-electron chi connectivity index (χ2n) is 4.24. The number of oxime groups is 1. The van der Waals surface area contributed by atoms with Crippen molar-refractivity contribution in [2.45, 2.75) is 0 Å². The van der Waals surface area contributed by atoms with Gasteiger partial charge in [-0.05, 0) is 30.3 Å². The van der Waals surface area contributed by atoms with Crippen LogP contribution in [0.5, 0.6) is 0 Å². The van der Waals surface area contributed by atoms with Gasteiger partial charge >= 0.3 is 0 Å². The van der Waals surface area contributed by atoms with Crippen molar-refractivity contribution >= 4 is 17.4 Å². The lowest BCUT2D eigenvalue weighted by molar-refractivity contribution is 0.0984. The Balaban J connectivity index is 2.24. The fourth-order valence-electron chi connectivity index (χ4n) is 1.79. The molecule has 0 aliphatic rings. The lowest BCUT2D eigenvalue weighted by atomic mass is 10.2. The van der Waals surface area contributed by atoms with Crippen LogP contribution in [0.3, 0.4) is 0 Å². The molecule has 2 aromatic rings. The van der Waals surface area contributed by atoms with E-state index in [0.29, 0.717) is 16.9 Å². The highest BCUT2D eigenvalue weighted by atomic mass is 16.4. The summed E-state index contributed by atoms with van der Waals surface area (Å²) in [7, 11) is 3.39. The summed E-state index contributed by atoms with van der Waals surface area (Å²) in [6.45, 7) is 0. The van der Waals surface area contributed by atoms with Crippen LogP contribution < -0.4 is 10.6 Å². The van der Waals surface area contributed by atoms with E-state index >= 15 is 0 Å². The van der Waals surface area contributed by atoms with E-state index in [1.807, 2.05) is 0 Å². The number of aromatic nitrogens is 2. The maximum Gasteiger partial charge on any atom is 0.276 e. The predicted octanol–water partition coefficient (Wildman–Crippen LogP) is 0.791. The molecule has 1 aromatic carbocycles. The molecule has 0 fully saturated rings. The average Bonchev–Trinajstić information content (AvgIpc) is 2.91. The molecule has 20 heavy (non-hydrogen) atoms. The van der Waals surface area contributed by atoms with Crippen LogP contribution >= 0.6 is 0 Å². The van der Waals surface area contributed by atoms with E-state index in [0.717, 1.165) is 0 Å². The van der Waals surface area contributed by atoms with Crippen molar-refractivity contribution in [3.05, 3.63) is 47.8 Å². The molecule has 104 valence electrons. The molecule has 0 unspecified atom stereocenters. The van der Waals surface area contributed by atoms with Crippen LogP contribution in [0.4, 0.5) is 5.69 Å². The van der Waals surface area contributed by atoms with E-state index in [4.69, 9.17) is 10.9 Å². The fraction of sp³-hybridized carbons (Fsp3) is 0.154. The lowest BCUT2D eigenvalue weighted by Crippen LogP contribution is -2.28. The van der Waals surface area contributed by atoms with Crippen molar-refractivity contribution in [3.63, 3.8) is 0 Å². The van der Waals surface area contributed by atoms with E-state index in [2.05, 4.69) is 10.3 Å². The normalized spacial score (nSPS) is 11.4. The second kappa shape index (κ2) is 5.43. The zero-order valence-electron chi connectivity index (χ0n) is 11.2. The number of anilines is 1. The number of carbonyl (C=O) groups is 1. The third-order valence-corrected chi connectivity index (χ3v) is 3.00. The van der Waals surface area contributed by atoms with Crippen molar-refractivity contribution in [2.75, 3.05) is 11.9 Å². The van der Waals surface area contributed by atoms with Crippen molar-refractivity contribution < 1.29 is 10.0 Å². The molecule has 0 spiro atoms. The number of rotatable bonds is 3. The molecule has 1 aromatic heterocycles. The number of aryl methyl sites for hydroxylation is 1. The Bertz CT molecular complexity index is 645. The molecular weight excluding hydrogens is 258 g/mol. The maximum atomic E-state index is 12.3. The Morgan fingerprint density at radius 3 is 2.50 bits per heavy atom. The average molecular weight is 273 g/mol. The molecule has 0 saturated heterocycles. The van der Waals surface area contributed by atoms with Crippen LogP contribution in [-0.2, 0) is 7.05 Å². The van der Waals surface area contributed by atoms with Crippen LogP contribution in [0.2, 0.25) is 0 Å². The SMILES string of the molecule is CN(C(=O)c1ccnn1C)c1ccc(C(N)=NO)cc1. The first kappa shape index (κ1) is 13.6. The summed E-state index contributed by atoms with van der Waals surface area (Å²) in [6.07, 6.45) is 1.57. The van der Waals surface area contributed by atoms with Gasteiger partial charge in [-0.1, -0.05) is 5.16 Å². The van der Waals surface area contributed by atoms with Crippen LogP contribution in [0, 0.1) is 0 Å². The van der Waals surface area contributed by atoms with Gasteiger partial charge in [-0.2, -0.15) is 5.10 Å². The smallest absolute Gasteiger partial charge is 0.276 e. The summed E-state index contributed by atoms with van der Waals surface area (Å²) in [5.41, 5.74) is 7.26. The molecule has 0 bridgehead atoms. The molecule has 0 atom stereocenters. The first-order valence-electron chi connectivity index (χ1n) is 5.88. The number of amidine groups is 1. The van der Waals surface area contributed by atoms with Gasteiger partial charge in [-0.25, -0.2) is 0 Å². The third kappa shape index (κ3) is 2.46. The minimum atomic E-state index is -0.165. The van der Waals surface area contributed by atoms with Crippen LogP contribution in [0.1, 0.15) is 16.1 Å². The van der Waals surface area contributed by atoms with E-state index in [1.54, 1.807) is 50.6 Å². The van der Waals surface area contributed by atoms with E-state index < -0.39 is 0 Å². The third-order valence-electron chi connectivity index (χ3n) is 3.00. The minimum Gasteiger partial charge on any atom is -0.409 e. The highest BCUT2D eigenvalue weighted by molar-refractivity contribution is 6.05. The monoisotopic (exact) mass is 273 g/mol. The molecule has 0 radical (unpaired) electrons. The number of nitrogens with two attached hydrogens (primary N) is 1. The first-order valence-corrected chi connectivity index (χ1v) is 5.88. The zero-order chi connectivity index (χ0) is 14.7. The second-order valence-corrected chi connectivity index (χ2v) is 4.24. The van der Waals surface area contributed by atoms with Gasteiger partial charge in [0.15, 0.2) is 5.84 Å². The predicted molar refractivity (Wildman–Crippen MR) is 74.9 cm³/mol. The minimum absolute atomic E-state index is 0.0252. The Labute approximate surface area is 115 Å². The van der Waals surface area contributed by atoms with Gasteiger partial charge in [-0.15, -0.1) is 0 Å². The number of carbonyl (C=O) groups excluding carboxylic acids is 1. The van der Waals surface area contributed by atoms with Gasteiger partial charge in [0.2, 0.25) is 0 Å². The van der Waals surface area contributed by atoms with Crippen molar-refractivity contribution in [3.8, 4) is 0 Å². The van der Waals surface area contributed by atoms with Gasteiger partial charge in [0.25, 0.3) is 5.91 Å². The number of hydrogen-bond acceptors (Lipinski definition) is 4. The van der Waals surface area contributed by atoms with Crippen LogP contribution in [0.25, 0.3) is 0 Å². The number of amides is 1. The van der Waals surface area contributed by atoms with Gasteiger partial charge < -0.3 is 15.8 Å². The van der Waals surface area contributed by atoms with Gasteiger partial charge in [0.1, 0.15) is 5.69 Å². The molecular formula is C13H15N5O2. The van der Waals surface area contributed by atoms with Crippen LogP contribution in [0.15, 0.2) is 41.7 Å². The summed E-state index contributed by atoms with van der Waals surface area (Å²) in [5.74, 6) is -0.140. The van der Waals surface area contributed by atoms with Crippen molar-refractivity contribution in [1.82, 2.24) is 9.78 Å². The Morgan fingerprint density at radius 1 is 1.35 bits per heavy atom. The molecule has 1 heterocycles. The highest BCUT2D eigenvalue weighted by Crippen LogP contribution is 2.16.